The van der Waals surface area contributed by atoms with E-state index in [9.17, 15) is 4.79 Å². The van der Waals surface area contributed by atoms with Gasteiger partial charge in [-0.2, -0.15) is 0 Å². The summed E-state index contributed by atoms with van der Waals surface area (Å²) in [6.45, 7) is 4.04. The SMILES string of the molecule is CC1(C)c2cc(Cl)ccc2C(=O)N1c1cncc(CCO)c1. The molecule has 0 fully saturated rings. The van der Waals surface area contributed by atoms with Gasteiger partial charge in [-0.1, -0.05) is 11.6 Å². The number of benzene rings is 1. The Balaban J connectivity index is 2.09. The number of nitrogens with zero attached hydrogens (tertiary/aromatic N) is 2. The lowest BCUT2D eigenvalue weighted by Gasteiger charge is -2.32. The number of aromatic nitrogens is 1. The molecule has 1 aromatic heterocycles. The average Bonchev–Trinajstić information content (AvgIpc) is 2.66. The maximum absolute atomic E-state index is 12.8. The molecule has 0 spiro atoms. The van der Waals surface area contributed by atoms with Gasteiger partial charge >= 0.3 is 0 Å². The van der Waals surface area contributed by atoms with Crippen molar-refractivity contribution in [2.75, 3.05) is 11.5 Å². The molecule has 0 aliphatic carbocycles. The summed E-state index contributed by atoms with van der Waals surface area (Å²) in [6, 6.07) is 7.25. The molecule has 1 aliphatic heterocycles. The largest absolute Gasteiger partial charge is 0.396 e. The van der Waals surface area contributed by atoms with Gasteiger partial charge in [0.15, 0.2) is 0 Å². The molecule has 1 N–H and O–H groups in total. The molecule has 1 aromatic carbocycles. The molecule has 1 aliphatic rings. The summed E-state index contributed by atoms with van der Waals surface area (Å²) in [4.78, 5) is 18.7. The molecule has 2 aromatic rings. The van der Waals surface area contributed by atoms with E-state index in [4.69, 9.17) is 16.7 Å². The average molecular weight is 317 g/mol. The number of hydrogen-bond acceptors (Lipinski definition) is 3. The Morgan fingerprint density at radius 1 is 1.27 bits per heavy atom. The van der Waals surface area contributed by atoms with Gasteiger partial charge in [0.25, 0.3) is 5.91 Å². The van der Waals surface area contributed by atoms with Crippen molar-refractivity contribution in [2.45, 2.75) is 25.8 Å². The normalized spacial score (nSPS) is 16.0. The number of carbonyl (C=O) groups is 1. The second-order valence-corrected chi connectivity index (χ2v) is 6.35. The summed E-state index contributed by atoms with van der Waals surface area (Å²) >= 11 is 6.09. The van der Waals surface area contributed by atoms with Crippen molar-refractivity contribution < 1.29 is 9.90 Å². The summed E-state index contributed by atoms with van der Waals surface area (Å²) in [5, 5.41) is 9.70. The molecule has 3 rings (SSSR count). The molecule has 0 bridgehead atoms. The van der Waals surface area contributed by atoms with E-state index in [0.717, 1.165) is 16.8 Å². The first-order chi connectivity index (χ1) is 10.4. The molecule has 0 saturated carbocycles. The zero-order chi connectivity index (χ0) is 15.9. The first-order valence-electron chi connectivity index (χ1n) is 7.14. The zero-order valence-corrected chi connectivity index (χ0v) is 13.3. The van der Waals surface area contributed by atoms with Crippen molar-refractivity contribution in [3.63, 3.8) is 0 Å². The molecule has 114 valence electrons. The number of amides is 1. The smallest absolute Gasteiger partial charge is 0.259 e. The van der Waals surface area contributed by atoms with Gasteiger partial charge in [0.05, 0.1) is 17.4 Å². The number of aliphatic hydroxyl groups is 1. The minimum atomic E-state index is -0.503. The highest BCUT2D eigenvalue weighted by Gasteiger charge is 2.44. The van der Waals surface area contributed by atoms with Crippen LogP contribution in [-0.2, 0) is 12.0 Å². The third-order valence-corrected chi connectivity index (χ3v) is 4.31. The lowest BCUT2D eigenvalue weighted by atomic mass is 9.93. The Morgan fingerprint density at radius 2 is 2.05 bits per heavy atom. The van der Waals surface area contributed by atoms with Crippen LogP contribution in [0.5, 0.6) is 0 Å². The van der Waals surface area contributed by atoms with Gasteiger partial charge in [0, 0.05) is 23.4 Å². The van der Waals surface area contributed by atoms with Crippen LogP contribution in [0.15, 0.2) is 36.7 Å². The van der Waals surface area contributed by atoms with Crippen LogP contribution in [0, 0.1) is 0 Å². The van der Waals surface area contributed by atoms with Crippen LogP contribution >= 0.6 is 11.6 Å². The Bertz CT molecular complexity index is 743. The van der Waals surface area contributed by atoms with Crippen LogP contribution in [0.3, 0.4) is 0 Å². The number of halogens is 1. The molecule has 0 saturated heterocycles. The van der Waals surface area contributed by atoms with Crippen molar-refractivity contribution in [3.8, 4) is 0 Å². The van der Waals surface area contributed by atoms with Crippen molar-refractivity contribution in [1.82, 2.24) is 4.98 Å². The van der Waals surface area contributed by atoms with E-state index in [1.165, 1.54) is 0 Å². The van der Waals surface area contributed by atoms with Gasteiger partial charge in [0.1, 0.15) is 0 Å². The van der Waals surface area contributed by atoms with Crippen LogP contribution in [0.25, 0.3) is 0 Å². The number of anilines is 1. The molecule has 2 heterocycles. The van der Waals surface area contributed by atoms with Crippen LogP contribution in [0.1, 0.15) is 35.3 Å². The van der Waals surface area contributed by atoms with Crippen molar-refractivity contribution >= 4 is 23.2 Å². The van der Waals surface area contributed by atoms with Gasteiger partial charge in [-0.05, 0) is 55.7 Å². The maximum atomic E-state index is 12.8. The third kappa shape index (κ3) is 2.28. The van der Waals surface area contributed by atoms with Gasteiger partial charge in [0.2, 0.25) is 0 Å². The van der Waals surface area contributed by atoms with E-state index in [1.807, 2.05) is 26.0 Å². The van der Waals surface area contributed by atoms with Crippen molar-refractivity contribution in [1.29, 1.82) is 0 Å². The molecule has 0 unspecified atom stereocenters. The van der Waals surface area contributed by atoms with Crippen molar-refractivity contribution in [2.24, 2.45) is 0 Å². The predicted molar refractivity (Wildman–Crippen MR) is 86.3 cm³/mol. The lowest BCUT2D eigenvalue weighted by molar-refractivity contribution is 0.0982. The Labute approximate surface area is 134 Å². The molecule has 1 amide bonds. The number of aliphatic hydroxyl groups excluding tert-OH is 1. The molecule has 5 heteroatoms. The highest BCUT2D eigenvalue weighted by Crippen LogP contribution is 2.42. The fourth-order valence-corrected chi connectivity index (χ4v) is 3.18. The summed E-state index contributed by atoms with van der Waals surface area (Å²) in [6.07, 6.45) is 3.90. The summed E-state index contributed by atoms with van der Waals surface area (Å²) in [5.41, 5.74) is 2.71. The first-order valence-corrected chi connectivity index (χ1v) is 7.52. The first kappa shape index (κ1) is 15.0. The second kappa shape index (κ2) is 5.38. The van der Waals surface area contributed by atoms with E-state index in [1.54, 1.807) is 29.4 Å². The molecular weight excluding hydrogens is 300 g/mol. The predicted octanol–water partition coefficient (Wildman–Crippen LogP) is 3.17. The van der Waals surface area contributed by atoms with E-state index in [0.29, 0.717) is 17.0 Å². The fourth-order valence-electron chi connectivity index (χ4n) is 3.01. The summed E-state index contributed by atoms with van der Waals surface area (Å²) in [5.74, 6) is -0.0559. The number of rotatable bonds is 3. The number of pyridine rings is 1. The second-order valence-electron chi connectivity index (χ2n) is 5.91. The fraction of sp³-hybridized carbons (Fsp3) is 0.294. The Kier molecular flexibility index (Phi) is 3.67. The van der Waals surface area contributed by atoms with Gasteiger partial charge < -0.3 is 5.11 Å². The van der Waals surface area contributed by atoms with Crippen molar-refractivity contribution in [3.05, 3.63) is 58.4 Å². The third-order valence-electron chi connectivity index (χ3n) is 4.07. The minimum Gasteiger partial charge on any atom is -0.396 e. The van der Waals surface area contributed by atoms with Crippen LogP contribution in [0.2, 0.25) is 5.02 Å². The Hall–Kier alpha value is -1.91. The number of hydrogen-bond donors (Lipinski definition) is 1. The lowest BCUT2D eigenvalue weighted by Crippen LogP contribution is -2.39. The topological polar surface area (TPSA) is 53.4 Å². The molecule has 22 heavy (non-hydrogen) atoms. The van der Waals surface area contributed by atoms with E-state index in [-0.39, 0.29) is 12.5 Å². The van der Waals surface area contributed by atoms with E-state index in [2.05, 4.69) is 4.98 Å². The molecule has 0 radical (unpaired) electrons. The number of carbonyl (C=O) groups excluding carboxylic acids is 1. The van der Waals surface area contributed by atoms with Crippen LogP contribution < -0.4 is 4.90 Å². The Morgan fingerprint density at radius 3 is 2.77 bits per heavy atom. The van der Waals surface area contributed by atoms with Gasteiger partial charge in [-0.25, -0.2) is 0 Å². The van der Waals surface area contributed by atoms with E-state index >= 15 is 0 Å². The standard InChI is InChI=1S/C17H17ClN2O2/c1-17(2)15-8-12(18)3-4-14(15)16(22)20(17)13-7-11(5-6-21)9-19-10-13/h3-4,7-10,21H,5-6H2,1-2H3. The highest BCUT2D eigenvalue weighted by molar-refractivity contribution is 6.31. The summed E-state index contributed by atoms with van der Waals surface area (Å²) < 4.78 is 0. The maximum Gasteiger partial charge on any atom is 0.259 e. The van der Waals surface area contributed by atoms with Crippen LogP contribution in [0.4, 0.5) is 5.69 Å². The molecule has 4 nitrogen and oxygen atoms in total. The van der Waals surface area contributed by atoms with Crippen LogP contribution in [-0.4, -0.2) is 22.6 Å². The molecule has 0 atom stereocenters. The minimum absolute atomic E-state index is 0.0539. The van der Waals surface area contributed by atoms with Gasteiger partial charge in [-0.3, -0.25) is 14.7 Å². The monoisotopic (exact) mass is 316 g/mol. The quantitative estimate of drug-likeness (QED) is 0.946. The van der Waals surface area contributed by atoms with E-state index < -0.39 is 5.54 Å². The number of fused-ring (bicyclic) bond motifs is 1. The highest BCUT2D eigenvalue weighted by atomic mass is 35.5. The summed E-state index contributed by atoms with van der Waals surface area (Å²) in [7, 11) is 0. The zero-order valence-electron chi connectivity index (χ0n) is 12.5. The van der Waals surface area contributed by atoms with Gasteiger partial charge in [-0.15, -0.1) is 0 Å². The molecular formula is C17H17ClN2O2.